The molecule has 108 valence electrons. The van der Waals surface area contributed by atoms with Crippen molar-refractivity contribution < 1.29 is 9.47 Å². The fourth-order valence-corrected chi connectivity index (χ4v) is 3.08. The number of ether oxygens (including phenoxy) is 2. The Morgan fingerprint density at radius 3 is 2.22 bits per heavy atom. The predicted octanol–water partition coefficient (Wildman–Crippen LogP) is 1.34. The highest BCUT2D eigenvalue weighted by Crippen LogP contribution is 2.29. The van der Waals surface area contributed by atoms with Crippen molar-refractivity contribution in [3.63, 3.8) is 0 Å². The Morgan fingerprint density at radius 1 is 1.22 bits per heavy atom. The van der Waals surface area contributed by atoms with Gasteiger partial charge in [-0.1, -0.05) is 13.8 Å². The van der Waals surface area contributed by atoms with Crippen molar-refractivity contribution in [2.45, 2.75) is 32.2 Å². The topological polar surface area (TPSA) is 47.7 Å². The van der Waals surface area contributed by atoms with Crippen LogP contribution in [0.25, 0.3) is 0 Å². The summed E-state index contributed by atoms with van der Waals surface area (Å²) >= 11 is 0. The molecule has 1 saturated heterocycles. The van der Waals surface area contributed by atoms with Crippen LogP contribution in [0.1, 0.15) is 26.7 Å². The molecule has 4 nitrogen and oxygen atoms in total. The molecule has 18 heavy (non-hydrogen) atoms. The quantitative estimate of drug-likeness (QED) is 0.749. The molecule has 1 fully saturated rings. The number of hydrogen-bond donors (Lipinski definition) is 1. The van der Waals surface area contributed by atoms with Gasteiger partial charge in [-0.15, -0.1) is 0 Å². The summed E-state index contributed by atoms with van der Waals surface area (Å²) in [4.78, 5) is 2.54. The molecule has 0 bridgehead atoms. The molecule has 1 atom stereocenters. The zero-order valence-electron chi connectivity index (χ0n) is 12.4. The van der Waals surface area contributed by atoms with Gasteiger partial charge in [0.15, 0.2) is 0 Å². The maximum absolute atomic E-state index is 6.07. The van der Waals surface area contributed by atoms with E-state index in [1.54, 1.807) is 14.2 Å². The van der Waals surface area contributed by atoms with Gasteiger partial charge in [0, 0.05) is 27.4 Å². The van der Waals surface area contributed by atoms with Gasteiger partial charge in [0.25, 0.3) is 0 Å². The first-order valence-corrected chi connectivity index (χ1v) is 7.03. The summed E-state index contributed by atoms with van der Waals surface area (Å²) in [6.45, 7) is 8.96. The standard InChI is InChI=1S/C14H30N2O2/c1-12(2)14(10-15,11-18-4)16-7-5-13(6-8-16)9-17-3/h12-13H,5-11,15H2,1-4H3. The van der Waals surface area contributed by atoms with Gasteiger partial charge in [-0.05, 0) is 37.8 Å². The molecule has 1 aliphatic heterocycles. The lowest BCUT2D eigenvalue weighted by Crippen LogP contribution is -2.62. The molecule has 0 amide bonds. The van der Waals surface area contributed by atoms with Gasteiger partial charge in [-0.3, -0.25) is 4.90 Å². The Bertz CT molecular complexity index is 228. The van der Waals surface area contributed by atoms with Crippen LogP contribution in [0, 0.1) is 11.8 Å². The zero-order chi connectivity index (χ0) is 13.6. The first-order chi connectivity index (χ1) is 8.60. The van der Waals surface area contributed by atoms with Gasteiger partial charge < -0.3 is 15.2 Å². The van der Waals surface area contributed by atoms with E-state index in [9.17, 15) is 0 Å². The lowest BCUT2D eigenvalue weighted by atomic mass is 9.82. The van der Waals surface area contributed by atoms with Crippen LogP contribution in [-0.2, 0) is 9.47 Å². The molecular formula is C14H30N2O2. The summed E-state index contributed by atoms with van der Waals surface area (Å²) < 4.78 is 10.7. The minimum absolute atomic E-state index is 0.00715. The van der Waals surface area contributed by atoms with Crippen LogP contribution in [-0.4, -0.2) is 57.5 Å². The average molecular weight is 258 g/mol. The lowest BCUT2D eigenvalue weighted by molar-refractivity contribution is -0.0386. The number of methoxy groups -OCH3 is 2. The molecule has 2 N–H and O–H groups in total. The van der Waals surface area contributed by atoms with Gasteiger partial charge in [-0.2, -0.15) is 0 Å². The highest BCUT2D eigenvalue weighted by atomic mass is 16.5. The van der Waals surface area contributed by atoms with E-state index in [-0.39, 0.29) is 5.54 Å². The molecule has 0 radical (unpaired) electrons. The number of piperidine rings is 1. The van der Waals surface area contributed by atoms with Gasteiger partial charge >= 0.3 is 0 Å². The normalized spacial score (nSPS) is 22.3. The van der Waals surface area contributed by atoms with E-state index in [0.29, 0.717) is 18.4 Å². The molecule has 0 saturated carbocycles. The van der Waals surface area contributed by atoms with E-state index in [1.807, 2.05) is 0 Å². The lowest BCUT2D eigenvalue weighted by Gasteiger charge is -2.48. The van der Waals surface area contributed by atoms with Crippen LogP contribution in [0.4, 0.5) is 0 Å². The molecule has 1 aliphatic rings. The SMILES string of the molecule is COCC1CCN(C(CN)(COC)C(C)C)CC1. The molecule has 1 unspecified atom stereocenters. The highest BCUT2D eigenvalue weighted by molar-refractivity contribution is 4.96. The van der Waals surface area contributed by atoms with Gasteiger partial charge in [0.2, 0.25) is 0 Å². The summed E-state index contributed by atoms with van der Waals surface area (Å²) in [6.07, 6.45) is 2.40. The Balaban J connectivity index is 2.65. The minimum Gasteiger partial charge on any atom is -0.384 e. The van der Waals surface area contributed by atoms with E-state index in [1.165, 1.54) is 12.8 Å². The summed E-state index contributed by atoms with van der Waals surface area (Å²) in [7, 11) is 3.56. The van der Waals surface area contributed by atoms with Crippen molar-refractivity contribution in [1.82, 2.24) is 4.90 Å². The molecule has 4 heteroatoms. The first kappa shape index (κ1) is 15.9. The Hall–Kier alpha value is -0.160. The van der Waals surface area contributed by atoms with Crippen molar-refractivity contribution in [2.24, 2.45) is 17.6 Å². The number of hydrogen-bond acceptors (Lipinski definition) is 4. The summed E-state index contributed by atoms with van der Waals surface area (Å²) in [5, 5.41) is 0. The number of nitrogens with two attached hydrogens (primary N) is 1. The third kappa shape index (κ3) is 3.44. The highest BCUT2D eigenvalue weighted by Gasteiger charge is 2.40. The second-order valence-electron chi connectivity index (χ2n) is 5.78. The molecule has 0 aromatic carbocycles. The van der Waals surface area contributed by atoms with Crippen LogP contribution in [0.5, 0.6) is 0 Å². The van der Waals surface area contributed by atoms with Crippen molar-refractivity contribution in [1.29, 1.82) is 0 Å². The Labute approximate surface area is 112 Å². The number of likely N-dealkylation sites (tertiary alicyclic amines) is 1. The largest absolute Gasteiger partial charge is 0.384 e. The summed E-state index contributed by atoms with van der Waals surface area (Å²) in [5.41, 5.74) is 6.07. The van der Waals surface area contributed by atoms with Crippen molar-refractivity contribution in [3.05, 3.63) is 0 Å². The predicted molar refractivity (Wildman–Crippen MR) is 74.7 cm³/mol. The molecule has 0 aromatic rings. The van der Waals surface area contributed by atoms with Crippen LogP contribution < -0.4 is 5.73 Å². The van der Waals surface area contributed by atoms with Crippen molar-refractivity contribution >= 4 is 0 Å². The number of nitrogens with zero attached hydrogens (tertiary/aromatic N) is 1. The van der Waals surface area contributed by atoms with E-state index in [0.717, 1.165) is 26.3 Å². The maximum Gasteiger partial charge on any atom is 0.0661 e. The van der Waals surface area contributed by atoms with Gasteiger partial charge in [-0.25, -0.2) is 0 Å². The van der Waals surface area contributed by atoms with E-state index in [4.69, 9.17) is 15.2 Å². The third-order valence-corrected chi connectivity index (χ3v) is 4.47. The minimum atomic E-state index is -0.00715. The van der Waals surface area contributed by atoms with Crippen LogP contribution in [0.3, 0.4) is 0 Å². The van der Waals surface area contributed by atoms with Crippen LogP contribution >= 0.6 is 0 Å². The molecule has 0 aliphatic carbocycles. The van der Waals surface area contributed by atoms with E-state index in [2.05, 4.69) is 18.7 Å². The number of rotatable bonds is 7. The van der Waals surface area contributed by atoms with E-state index >= 15 is 0 Å². The summed E-state index contributed by atoms with van der Waals surface area (Å²) in [6, 6.07) is 0. The first-order valence-electron chi connectivity index (χ1n) is 7.03. The monoisotopic (exact) mass is 258 g/mol. The molecule has 0 spiro atoms. The summed E-state index contributed by atoms with van der Waals surface area (Å²) in [5.74, 6) is 1.21. The smallest absolute Gasteiger partial charge is 0.0661 e. The molecule has 1 heterocycles. The fourth-order valence-electron chi connectivity index (χ4n) is 3.08. The van der Waals surface area contributed by atoms with Gasteiger partial charge in [0.1, 0.15) is 0 Å². The fraction of sp³-hybridized carbons (Fsp3) is 1.00. The second-order valence-corrected chi connectivity index (χ2v) is 5.78. The second kappa shape index (κ2) is 7.43. The average Bonchev–Trinajstić information content (AvgIpc) is 2.37. The van der Waals surface area contributed by atoms with Gasteiger partial charge in [0.05, 0.1) is 12.1 Å². The molecule has 0 aromatic heterocycles. The molecule has 1 rings (SSSR count). The molecular weight excluding hydrogens is 228 g/mol. The van der Waals surface area contributed by atoms with Crippen LogP contribution in [0.15, 0.2) is 0 Å². The van der Waals surface area contributed by atoms with E-state index < -0.39 is 0 Å². The van der Waals surface area contributed by atoms with Crippen molar-refractivity contribution in [3.8, 4) is 0 Å². The Kier molecular flexibility index (Phi) is 6.57. The van der Waals surface area contributed by atoms with Crippen LogP contribution in [0.2, 0.25) is 0 Å². The maximum atomic E-state index is 6.07. The Morgan fingerprint density at radius 2 is 1.83 bits per heavy atom. The third-order valence-electron chi connectivity index (χ3n) is 4.47. The zero-order valence-corrected chi connectivity index (χ0v) is 12.4. The van der Waals surface area contributed by atoms with Crippen molar-refractivity contribution in [2.75, 3.05) is 47.1 Å².